The van der Waals surface area contributed by atoms with Gasteiger partial charge in [0.25, 0.3) is 0 Å². The van der Waals surface area contributed by atoms with E-state index in [2.05, 4.69) is 31.9 Å². The first-order chi connectivity index (χ1) is 6.09. The van der Waals surface area contributed by atoms with Crippen LogP contribution in [0.4, 0.5) is 0 Å². The number of halogens is 1. The van der Waals surface area contributed by atoms with Crippen molar-refractivity contribution in [1.82, 2.24) is 4.90 Å². The second-order valence-electron chi connectivity index (χ2n) is 2.79. The first kappa shape index (κ1) is 10.8. The van der Waals surface area contributed by atoms with E-state index in [-0.39, 0.29) is 0 Å². The van der Waals surface area contributed by atoms with Crippen LogP contribution in [0, 0.1) is 5.41 Å². The Morgan fingerprint density at radius 1 is 1.46 bits per heavy atom. The van der Waals surface area contributed by atoms with Crippen LogP contribution in [0.1, 0.15) is 5.56 Å². The Morgan fingerprint density at radius 2 is 2.00 bits per heavy atom. The van der Waals surface area contributed by atoms with Crippen LogP contribution in [0.15, 0.2) is 28.7 Å². The molecule has 1 rings (SSSR count). The van der Waals surface area contributed by atoms with Crippen molar-refractivity contribution < 1.29 is 0 Å². The minimum atomic E-state index is 0.461. The number of hydrogen-bond acceptors (Lipinski definition) is 1. The summed E-state index contributed by atoms with van der Waals surface area (Å²) in [7, 11) is 1.89. The number of nitrogens with zero attached hydrogens (tertiary/aromatic N) is 1. The van der Waals surface area contributed by atoms with Crippen molar-refractivity contribution in [3.8, 4) is 0 Å². The average molecular weight is 305 g/mol. The Kier molecular flexibility index (Phi) is 3.97. The van der Waals surface area contributed by atoms with E-state index in [1.807, 2.05) is 36.2 Å². The van der Waals surface area contributed by atoms with E-state index in [4.69, 9.17) is 5.41 Å². The van der Waals surface area contributed by atoms with E-state index in [1.165, 1.54) is 5.56 Å². The fourth-order valence-corrected chi connectivity index (χ4v) is 1.34. The number of benzene rings is 1. The van der Waals surface area contributed by atoms with Crippen molar-refractivity contribution in [3.05, 3.63) is 34.3 Å². The van der Waals surface area contributed by atoms with Gasteiger partial charge in [0.05, 0.1) is 0 Å². The van der Waals surface area contributed by atoms with Crippen molar-refractivity contribution in [2.75, 3.05) is 7.05 Å². The molecule has 0 saturated heterocycles. The van der Waals surface area contributed by atoms with Crippen molar-refractivity contribution in [2.24, 2.45) is 0 Å². The van der Waals surface area contributed by atoms with E-state index in [1.54, 1.807) is 0 Å². The van der Waals surface area contributed by atoms with Gasteiger partial charge < -0.3 is 0 Å². The van der Waals surface area contributed by atoms with Gasteiger partial charge in [-0.15, -0.1) is 0 Å². The summed E-state index contributed by atoms with van der Waals surface area (Å²) < 4.78 is 1.54. The van der Waals surface area contributed by atoms with Crippen LogP contribution in [0.25, 0.3) is 0 Å². The first-order valence-corrected chi connectivity index (χ1v) is 5.45. The summed E-state index contributed by atoms with van der Waals surface area (Å²) >= 11 is 6.05. The Bertz CT molecular complexity index is 297. The molecule has 1 aromatic carbocycles. The zero-order valence-electron chi connectivity index (χ0n) is 7.25. The summed E-state index contributed by atoms with van der Waals surface area (Å²) in [5.41, 5.74) is 1.20. The Morgan fingerprint density at radius 3 is 2.46 bits per heavy atom. The quantitative estimate of drug-likeness (QED) is 0.505. The molecule has 0 aliphatic rings. The summed E-state index contributed by atoms with van der Waals surface area (Å²) in [6.45, 7) is 0.763. The maximum atomic E-state index is 7.35. The monoisotopic (exact) mass is 305 g/mol. The van der Waals surface area contributed by atoms with Crippen molar-refractivity contribution >= 4 is 36.7 Å². The molecule has 0 atom stereocenters. The van der Waals surface area contributed by atoms with E-state index in [0.29, 0.717) is 4.73 Å². The van der Waals surface area contributed by atoms with E-state index in [9.17, 15) is 0 Å². The van der Waals surface area contributed by atoms with Crippen LogP contribution in [0.3, 0.4) is 0 Å². The standard InChI is InChI=1S/C9H10BrN2Se/c1-12(9(11)13)6-7-2-4-8(10)5-3-7/h2-5,11H,6H2,1H3. The second-order valence-corrected chi connectivity index (χ2v) is 4.51. The third-order valence-corrected chi connectivity index (χ3v) is 2.86. The van der Waals surface area contributed by atoms with Crippen molar-refractivity contribution in [3.63, 3.8) is 0 Å². The van der Waals surface area contributed by atoms with Crippen LogP contribution in [-0.2, 0) is 6.54 Å². The molecule has 0 fully saturated rings. The molecule has 0 saturated carbocycles. The van der Waals surface area contributed by atoms with E-state index in [0.717, 1.165) is 11.0 Å². The van der Waals surface area contributed by atoms with Crippen LogP contribution >= 0.6 is 15.9 Å². The Balaban J connectivity index is 2.64. The average Bonchev–Trinajstić information content (AvgIpc) is 2.08. The molecule has 1 radical (unpaired) electrons. The minimum absolute atomic E-state index is 0.461. The number of nitrogens with one attached hydrogen (secondary N) is 1. The number of rotatable bonds is 2. The van der Waals surface area contributed by atoms with Crippen LogP contribution < -0.4 is 0 Å². The van der Waals surface area contributed by atoms with Crippen molar-refractivity contribution in [2.45, 2.75) is 6.54 Å². The molecule has 69 valence electrons. The molecular weight excluding hydrogens is 295 g/mol. The third-order valence-electron chi connectivity index (χ3n) is 1.68. The molecule has 4 heteroatoms. The molecule has 0 aromatic heterocycles. The predicted octanol–water partition coefficient (Wildman–Crippen LogP) is 1.98. The first-order valence-electron chi connectivity index (χ1n) is 3.81. The fraction of sp³-hybridized carbons (Fsp3) is 0.222. The van der Waals surface area contributed by atoms with Crippen molar-refractivity contribution in [1.29, 1.82) is 5.41 Å². The number of hydrogen-bond donors (Lipinski definition) is 1. The SMILES string of the molecule is CN(Cc1ccc(Br)cc1)C(=N)[Se]. The Labute approximate surface area is 94.8 Å². The summed E-state index contributed by atoms with van der Waals surface area (Å²) in [5.74, 6) is 0. The number of amidine groups is 1. The zero-order chi connectivity index (χ0) is 9.84. The molecule has 0 aliphatic carbocycles. The van der Waals surface area contributed by atoms with Gasteiger partial charge in [-0.1, -0.05) is 0 Å². The molecule has 1 N–H and O–H groups in total. The zero-order valence-corrected chi connectivity index (χ0v) is 10.5. The summed E-state index contributed by atoms with van der Waals surface area (Å²) in [6, 6.07) is 8.10. The van der Waals surface area contributed by atoms with Gasteiger partial charge in [-0.3, -0.25) is 0 Å². The van der Waals surface area contributed by atoms with Gasteiger partial charge >= 0.3 is 94.9 Å². The summed E-state index contributed by atoms with van der Waals surface area (Å²) in [6.07, 6.45) is 0. The molecule has 0 heterocycles. The van der Waals surface area contributed by atoms with Crippen LogP contribution in [-0.4, -0.2) is 32.7 Å². The topological polar surface area (TPSA) is 27.1 Å². The molecule has 0 aliphatic heterocycles. The molecule has 1 aromatic rings. The molecule has 0 amide bonds. The van der Waals surface area contributed by atoms with Crippen LogP contribution in [0.5, 0.6) is 0 Å². The van der Waals surface area contributed by atoms with Gasteiger partial charge in [0, 0.05) is 0 Å². The summed E-state index contributed by atoms with van der Waals surface area (Å²) in [5, 5.41) is 7.35. The van der Waals surface area contributed by atoms with Crippen LogP contribution in [0.2, 0.25) is 0 Å². The van der Waals surface area contributed by atoms with Gasteiger partial charge in [0.2, 0.25) is 0 Å². The van der Waals surface area contributed by atoms with Gasteiger partial charge in [0.15, 0.2) is 0 Å². The fourth-order valence-electron chi connectivity index (χ4n) is 0.935. The van der Waals surface area contributed by atoms with E-state index < -0.39 is 0 Å². The van der Waals surface area contributed by atoms with E-state index >= 15 is 0 Å². The van der Waals surface area contributed by atoms with Gasteiger partial charge in [-0.2, -0.15) is 0 Å². The normalized spacial score (nSPS) is 9.69. The molecule has 13 heavy (non-hydrogen) atoms. The molecule has 2 nitrogen and oxygen atoms in total. The van der Waals surface area contributed by atoms with Gasteiger partial charge in [-0.25, -0.2) is 0 Å². The molecular formula is C9H10BrN2Se. The molecule has 0 spiro atoms. The second kappa shape index (κ2) is 4.80. The third kappa shape index (κ3) is 3.51. The summed E-state index contributed by atoms with van der Waals surface area (Å²) in [4.78, 5) is 1.85. The maximum absolute atomic E-state index is 7.35. The molecule has 0 bridgehead atoms. The Hall–Kier alpha value is -0.311. The molecule has 0 unspecified atom stereocenters. The van der Waals surface area contributed by atoms with Gasteiger partial charge in [-0.05, 0) is 0 Å². The van der Waals surface area contributed by atoms with Gasteiger partial charge in [0.1, 0.15) is 0 Å². The predicted molar refractivity (Wildman–Crippen MR) is 59.1 cm³/mol.